The lowest BCUT2D eigenvalue weighted by molar-refractivity contribution is -0.127. The first kappa shape index (κ1) is 16.0. The third-order valence-electron chi connectivity index (χ3n) is 3.95. The highest BCUT2D eigenvalue weighted by molar-refractivity contribution is 6.04. The monoisotopic (exact) mass is 328 g/mol. The summed E-state index contributed by atoms with van der Waals surface area (Å²) >= 11 is 0. The van der Waals surface area contributed by atoms with E-state index in [0.29, 0.717) is 12.0 Å². The average molecular weight is 328 g/mol. The van der Waals surface area contributed by atoms with E-state index in [1.165, 1.54) is 19.2 Å². The fourth-order valence-electron chi connectivity index (χ4n) is 2.71. The maximum Gasteiger partial charge on any atom is 0.325 e. The Bertz CT molecular complexity index is 764. The van der Waals surface area contributed by atoms with Crippen molar-refractivity contribution < 1.29 is 18.7 Å². The molecule has 1 unspecified atom stereocenters. The molecule has 0 spiro atoms. The third kappa shape index (κ3) is 3.22. The van der Waals surface area contributed by atoms with E-state index in [4.69, 9.17) is 4.74 Å². The van der Waals surface area contributed by atoms with Gasteiger partial charge >= 0.3 is 6.03 Å². The number of hydrogen-bond acceptors (Lipinski definition) is 3. The van der Waals surface area contributed by atoms with Gasteiger partial charge in [-0.25, -0.2) is 9.18 Å². The smallest absolute Gasteiger partial charge is 0.325 e. The first-order valence-electron chi connectivity index (χ1n) is 7.56. The molecule has 1 atom stereocenters. The Morgan fingerprint density at radius 1 is 1.12 bits per heavy atom. The van der Waals surface area contributed by atoms with Crippen molar-refractivity contribution in [1.29, 1.82) is 0 Å². The van der Waals surface area contributed by atoms with Crippen LogP contribution in [0.5, 0.6) is 5.75 Å². The Morgan fingerprint density at radius 3 is 2.54 bits per heavy atom. The number of nitrogens with one attached hydrogen (secondary N) is 1. The number of benzene rings is 2. The maximum absolute atomic E-state index is 13.8. The zero-order valence-corrected chi connectivity index (χ0v) is 13.2. The molecule has 1 saturated heterocycles. The van der Waals surface area contributed by atoms with Gasteiger partial charge in [-0.1, -0.05) is 36.4 Å². The van der Waals surface area contributed by atoms with Crippen molar-refractivity contribution in [2.45, 2.75) is 19.0 Å². The molecule has 1 aliphatic heterocycles. The molecule has 2 aromatic carbocycles. The van der Waals surface area contributed by atoms with Crippen LogP contribution in [-0.4, -0.2) is 30.0 Å². The molecule has 0 aliphatic carbocycles. The number of carbonyl (C=O) groups is 2. The van der Waals surface area contributed by atoms with Gasteiger partial charge < -0.3 is 10.1 Å². The zero-order valence-electron chi connectivity index (χ0n) is 13.2. The Balaban J connectivity index is 1.71. The molecule has 1 aliphatic rings. The van der Waals surface area contributed by atoms with Crippen LogP contribution in [0.4, 0.5) is 9.18 Å². The van der Waals surface area contributed by atoms with Gasteiger partial charge in [0.15, 0.2) is 11.6 Å². The zero-order chi connectivity index (χ0) is 17.1. The second-order valence-corrected chi connectivity index (χ2v) is 5.59. The molecule has 0 bridgehead atoms. The minimum absolute atomic E-state index is 0.0247. The first-order chi connectivity index (χ1) is 11.6. The van der Waals surface area contributed by atoms with Crippen LogP contribution in [0.2, 0.25) is 0 Å². The normalized spacial score (nSPS) is 17.1. The van der Waals surface area contributed by atoms with Crippen molar-refractivity contribution in [3.05, 3.63) is 65.5 Å². The lowest BCUT2D eigenvalue weighted by Crippen LogP contribution is -2.32. The Kier molecular flexibility index (Phi) is 4.46. The summed E-state index contributed by atoms with van der Waals surface area (Å²) < 4.78 is 18.6. The molecule has 1 N–H and O–H groups in total. The van der Waals surface area contributed by atoms with Crippen molar-refractivity contribution >= 4 is 11.9 Å². The summed E-state index contributed by atoms with van der Waals surface area (Å²) in [4.78, 5) is 25.6. The van der Waals surface area contributed by atoms with Crippen LogP contribution in [0.15, 0.2) is 48.5 Å². The maximum atomic E-state index is 13.8. The van der Waals surface area contributed by atoms with E-state index in [1.54, 1.807) is 6.07 Å². The topological polar surface area (TPSA) is 58.6 Å². The van der Waals surface area contributed by atoms with Gasteiger partial charge in [0, 0.05) is 6.42 Å². The summed E-state index contributed by atoms with van der Waals surface area (Å²) in [6, 6.07) is 12.8. The molecule has 5 nitrogen and oxygen atoms in total. The minimum atomic E-state index is -0.594. The predicted octanol–water partition coefficient (Wildman–Crippen LogP) is 2.50. The van der Waals surface area contributed by atoms with Crippen LogP contribution in [-0.2, 0) is 17.8 Å². The summed E-state index contributed by atoms with van der Waals surface area (Å²) in [5, 5.41) is 2.68. The highest BCUT2D eigenvalue weighted by Crippen LogP contribution is 2.20. The summed E-state index contributed by atoms with van der Waals surface area (Å²) in [6.07, 6.45) is 0.429. The summed E-state index contributed by atoms with van der Waals surface area (Å²) in [6.45, 7) is 0.0247. The molecule has 24 heavy (non-hydrogen) atoms. The van der Waals surface area contributed by atoms with E-state index < -0.39 is 17.9 Å². The van der Waals surface area contributed by atoms with E-state index in [-0.39, 0.29) is 18.2 Å². The van der Waals surface area contributed by atoms with E-state index in [9.17, 15) is 14.0 Å². The Hall–Kier alpha value is -2.89. The third-order valence-corrected chi connectivity index (χ3v) is 3.95. The number of imide groups is 1. The fourth-order valence-corrected chi connectivity index (χ4v) is 2.71. The Morgan fingerprint density at radius 2 is 1.88 bits per heavy atom. The van der Waals surface area contributed by atoms with Crippen LogP contribution in [0.3, 0.4) is 0 Å². The van der Waals surface area contributed by atoms with E-state index >= 15 is 0 Å². The molecule has 0 aromatic heterocycles. The number of ether oxygens (including phenoxy) is 1. The van der Waals surface area contributed by atoms with Crippen molar-refractivity contribution in [3.63, 3.8) is 0 Å². The lowest BCUT2D eigenvalue weighted by atomic mass is 10.1. The number of methoxy groups -OCH3 is 1. The van der Waals surface area contributed by atoms with Crippen molar-refractivity contribution in [2.75, 3.05) is 7.11 Å². The van der Waals surface area contributed by atoms with Gasteiger partial charge in [0.1, 0.15) is 6.04 Å². The highest BCUT2D eigenvalue weighted by atomic mass is 19.1. The van der Waals surface area contributed by atoms with Crippen molar-refractivity contribution in [3.8, 4) is 5.75 Å². The molecule has 3 amide bonds. The van der Waals surface area contributed by atoms with Crippen LogP contribution in [0.1, 0.15) is 11.1 Å². The summed E-state index contributed by atoms with van der Waals surface area (Å²) in [5.41, 5.74) is 1.49. The largest absolute Gasteiger partial charge is 0.494 e. The molecule has 1 fully saturated rings. The number of rotatable bonds is 5. The molecule has 0 radical (unpaired) electrons. The standard InChI is InChI=1S/C18H17FN2O3/c1-24-16-8-7-13(9-14(16)19)11-21-17(22)15(20-18(21)23)10-12-5-3-2-4-6-12/h2-9,15H,10-11H2,1H3,(H,20,23). The number of urea groups is 1. The van der Waals surface area contributed by atoms with Crippen LogP contribution in [0, 0.1) is 5.82 Å². The number of amides is 3. The molecule has 3 rings (SSSR count). The van der Waals surface area contributed by atoms with Crippen LogP contribution < -0.4 is 10.1 Å². The molecule has 124 valence electrons. The number of nitrogens with zero attached hydrogens (tertiary/aromatic N) is 1. The average Bonchev–Trinajstić information content (AvgIpc) is 2.83. The second kappa shape index (κ2) is 6.70. The van der Waals surface area contributed by atoms with Gasteiger partial charge in [0.2, 0.25) is 0 Å². The summed E-state index contributed by atoms with van der Waals surface area (Å²) in [7, 11) is 1.38. The number of halogens is 1. The van der Waals surface area contributed by atoms with E-state index in [1.807, 2.05) is 30.3 Å². The van der Waals surface area contributed by atoms with Crippen LogP contribution >= 0.6 is 0 Å². The van der Waals surface area contributed by atoms with Gasteiger partial charge in [-0.15, -0.1) is 0 Å². The van der Waals surface area contributed by atoms with Crippen LogP contribution in [0.25, 0.3) is 0 Å². The van der Waals surface area contributed by atoms with E-state index in [2.05, 4.69) is 5.32 Å². The van der Waals surface area contributed by atoms with Gasteiger partial charge in [0.05, 0.1) is 13.7 Å². The van der Waals surface area contributed by atoms with Gasteiger partial charge in [-0.2, -0.15) is 0 Å². The first-order valence-corrected chi connectivity index (χ1v) is 7.56. The van der Waals surface area contributed by atoms with Gasteiger partial charge in [-0.05, 0) is 23.3 Å². The number of carbonyl (C=O) groups excluding carboxylic acids is 2. The minimum Gasteiger partial charge on any atom is -0.494 e. The molecule has 6 heteroatoms. The van der Waals surface area contributed by atoms with Gasteiger partial charge in [-0.3, -0.25) is 9.69 Å². The SMILES string of the molecule is COc1ccc(CN2C(=O)NC(Cc3ccccc3)C2=O)cc1F. The van der Waals surface area contributed by atoms with Gasteiger partial charge in [0.25, 0.3) is 5.91 Å². The van der Waals surface area contributed by atoms with Crippen molar-refractivity contribution in [2.24, 2.45) is 0 Å². The lowest BCUT2D eigenvalue weighted by Gasteiger charge is -2.14. The predicted molar refractivity (Wildman–Crippen MR) is 86.0 cm³/mol. The fraction of sp³-hybridized carbons (Fsp3) is 0.222. The van der Waals surface area contributed by atoms with Crippen molar-refractivity contribution in [1.82, 2.24) is 10.2 Å². The highest BCUT2D eigenvalue weighted by Gasteiger charge is 2.37. The van der Waals surface area contributed by atoms with E-state index in [0.717, 1.165) is 10.5 Å². The Labute approximate surface area is 139 Å². The second-order valence-electron chi connectivity index (χ2n) is 5.59. The molecular formula is C18H17FN2O3. The summed E-state index contributed by atoms with van der Waals surface area (Å²) in [5.74, 6) is -0.708. The number of hydrogen-bond donors (Lipinski definition) is 1. The quantitative estimate of drug-likeness (QED) is 0.858. The molecule has 1 heterocycles. The molecule has 2 aromatic rings. The molecule has 0 saturated carbocycles. The molecular weight excluding hydrogens is 311 g/mol.